The highest BCUT2D eigenvalue weighted by molar-refractivity contribution is 7.89. The molecule has 190 valence electrons. The zero-order valence-corrected chi connectivity index (χ0v) is 21.5. The van der Waals surface area contributed by atoms with Gasteiger partial charge in [0.2, 0.25) is 26.0 Å². The van der Waals surface area contributed by atoms with Gasteiger partial charge in [0.1, 0.15) is 0 Å². The van der Waals surface area contributed by atoms with Gasteiger partial charge in [-0.1, -0.05) is 48.5 Å². The fraction of sp³-hybridized carbons (Fsp3) is 0.480. The molecule has 0 bridgehead atoms. The van der Waals surface area contributed by atoms with Crippen molar-refractivity contribution in [2.45, 2.75) is 30.6 Å². The number of carbonyl (C=O) groups is 1. The molecule has 0 aromatic heterocycles. The van der Waals surface area contributed by atoms with Crippen LogP contribution in [0.3, 0.4) is 0 Å². The molecule has 0 N–H and O–H groups in total. The fourth-order valence-corrected chi connectivity index (χ4v) is 7.80. The highest BCUT2D eigenvalue weighted by atomic mass is 32.2. The number of sulfonamides is 2. The van der Waals surface area contributed by atoms with Gasteiger partial charge in [-0.2, -0.15) is 4.31 Å². The van der Waals surface area contributed by atoms with E-state index in [2.05, 4.69) is 0 Å². The monoisotopic (exact) mass is 519 g/mol. The fourth-order valence-electron chi connectivity index (χ4n) is 4.78. The summed E-state index contributed by atoms with van der Waals surface area (Å²) in [6.07, 6.45) is 2.54. The van der Waals surface area contributed by atoms with E-state index in [0.29, 0.717) is 45.3 Å². The zero-order valence-electron chi connectivity index (χ0n) is 19.8. The van der Waals surface area contributed by atoms with Crippen molar-refractivity contribution < 1.29 is 21.6 Å². The van der Waals surface area contributed by atoms with Gasteiger partial charge in [-0.05, 0) is 43.4 Å². The summed E-state index contributed by atoms with van der Waals surface area (Å²) in [5.41, 5.74) is 1.11. The summed E-state index contributed by atoms with van der Waals surface area (Å²) >= 11 is 0. The molecule has 1 atom stereocenters. The van der Waals surface area contributed by atoms with Gasteiger partial charge in [-0.3, -0.25) is 4.79 Å². The second kappa shape index (κ2) is 11.2. The predicted molar refractivity (Wildman–Crippen MR) is 135 cm³/mol. The lowest BCUT2D eigenvalue weighted by Gasteiger charge is -2.38. The third-order valence-corrected chi connectivity index (χ3v) is 10.6. The molecule has 2 heterocycles. The lowest BCUT2D eigenvalue weighted by molar-refractivity contribution is -0.137. The smallest absolute Gasteiger partial charge is 0.243 e. The Labute approximate surface area is 208 Å². The van der Waals surface area contributed by atoms with Gasteiger partial charge in [0.25, 0.3) is 0 Å². The van der Waals surface area contributed by atoms with Crippen molar-refractivity contribution in [2.24, 2.45) is 5.92 Å². The predicted octanol–water partition coefficient (Wildman–Crippen LogP) is 2.19. The molecule has 2 aromatic carbocycles. The first-order valence-electron chi connectivity index (χ1n) is 12.1. The minimum absolute atomic E-state index is 0.0683. The minimum Gasteiger partial charge on any atom is -0.340 e. The molecule has 1 amide bonds. The van der Waals surface area contributed by atoms with Crippen molar-refractivity contribution in [1.29, 1.82) is 0 Å². The number of piperazine rings is 1. The largest absolute Gasteiger partial charge is 0.340 e. The average Bonchev–Trinajstić information content (AvgIpc) is 2.89. The number of nitrogens with zero attached hydrogens (tertiary/aromatic N) is 3. The summed E-state index contributed by atoms with van der Waals surface area (Å²) in [7, 11) is -7.02. The van der Waals surface area contributed by atoms with Crippen LogP contribution in [0.25, 0.3) is 0 Å². The van der Waals surface area contributed by atoms with E-state index < -0.39 is 20.0 Å². The lowest BCUT2D eigenvalue weighted by Crippen LogP contribution is -2.54. The molecule has 0 unspecified atom stereocenters. The van der Waals surface area contributed by atoms with Crippen LogP contribution in [0.1, 0.15) is 24.8 Å². The molecule has 2 aliphatic heterocycles. The summed E-state index contributed by atoms with van der Waals surface area (Å²) in [6, 6.07) is 18.1. The molecule has 2 aromatic rings. The number of aryl methyl sites for hydroxylation is 1. The van der Waals surface area contributed by atoms with E-state index in [-0.39, 0.29) is 42.1 Å². The van der Waals surface area contributed by atoms with Gasteiger partial charge in [0, 0.05) is 39.3 Å². The number of carbonyl (C=O) groups excluding carboxylic acids is 1. The number of hydrogen-bond donors (Lipinski definition) is 0. The summed E-state index contributed by atoms with van der Waals surface area (Å²) in [4.78, 5) is 15.1. The van der Waals surface area contributed by atoms with Gasteiger partial charge in [-0.25, -0.2) is 21.1 Å². The highest BCUT2D eigenvalue weighted by Crippen LogP contribution is 2.24. The molecule has 2 aliphatic rings. The van der Waals surface area contributed by atoms with Gasteiger partial charge in [0.15, 0.2) is 0 Å². The lowest BCUT2D eigenvalue weighted by atomic mass is 9.98. The average molecular weight is 520 g/mol. The Morgan fingerprint density at radius 3 is 2.09 bits per heavy atom. The Bertz CT molecular complexity index is 1200. The second-order valence-electron chi connectivity index (χ2n) is 9.14. The van der Waals surface area contributed by atoms with E-state index >= 15 is 0 Å². The van der Waals surface area contributed by atoms with Crippen molar-refractivity contribution in [3.63, 3.8) is 0 Å². The van der Waals surface area contributed by atoms with E-state index in [0.717, 1.165) is 5.56 Å². The number of piperidine rings is 1. The molecular weight excluding hydrogens is 486 g/mol. The Morgan fingerprint density at radius 2 is 1.43 bits per heavy atom. The van der Waals surface area contributed by atoms with Crippen molar-refractivity contribution in [3.05, 3.63) is 66.2 Å². The summed E-state index contributed by atoms with van der Waals surface area (Å²) in [5.74, 6) is -0.394. The van der Waals surface area contributed by atoms with Crippen LogP contribution in [-0.4, -0.2) is 81.3 Å². The number of hydrogen-bond acceptors (Lipinski definition) is 5. The van der Waals surface area contributed by atoms with Crippen molar-refractivity contribution in [2.75, 3.05) is 45.0 Å². The summed E-state index contributed by atoms with van der Waals surface area (Å²) in [5, 5.41) is 0. The van der Waals surface area contributed by atoms with E-state index in [1.165, 1.54) is 8.61 Å². The first kappa shape index (κ1) is 25.8. The first-order chi connectivity index (χ1) is 16.8. The highest BCUT2D eigenvalue weighted by Gasteiger charge is 2.36. The maximum absolute atomic E-state index is 13.2. The van der Waals surface area contributed by atoms with Crippen LogP contribution in [0.4, 0.5) is 0 Å². The van der Waals surface area contributed by atoms with Gasteiger partial charge >= 0.3 is 0 Å². The maximum atomic E-state index is 13.2. The molecule has 0 aliphatic carbocycles. The van der Waals surface area contributed by atoms with Crippen LogP contribution in [0.15, 0.2) is 65.6 Å². The first-order valence-corrected chi connectivity index (χ1v) is 15.2. The molecule has 0 spiro atoms. The van der Waals surface area contributed by atoms with Crippen LogP contribution >= 0.6 is 0 Å². The third kappa shape index (κ3) is 6.30. The molecule has 0 radical (unpaired) electrons. The molecule has 8 nitrogen and oxygen atoms in total. The summed E-state index contributed by atoms with van der Waals surface area (Å²) in [6.45, 7) is 1.74. The SMILES string of the molecule is O=C([C@H]1CCCN(S(=O)(=O)CCCc2ccccc2)C1)N1CCN(S(=O)(=O)c2ccccc2)CC1. The van der Waals surface area contributed by atoms with Crippen LogP contribution in [0.5, 0.6) is 0 Å². The van der Waals surface area contributed by atoms with E-state index in [9.17, 15) is 21.6 Å². The number of rotatable bonds is 8. The van der Waals surface area contributed by atoms with E-state index in [1.54, 1.807) is 35.2 Å². The van der Waals surface area contributed by atoms with Crippen LogP contribution in [0.2, 0.25) is 0 Å². The number of benzene rings is 2. The normalized spacial score (nSPS) is 20.6. The standard InChI is InChI=1S/C25H33N3O5S2/c29-25(26-16-18-27(19-17-26)35(32,33)24-13-5-2-6-14-24)23-12-7-15-28(21-23)34(30,31)20-8-11-22-9-3-1-4-10-22/h1-6,9-10,13-14,23H,7-8,11-12,15-21H2/t23-/m0/s1. The van der Waals surface area contributed by atoms with Gasteiger partial charge in [-0.15, -0.1) is 0 Å². The van der Waals surface area contributed by atoms with Gasteiger partial charge in [0.05, 0.1) is 16.6 Å². The Balaban J connectivity index is 1.30. The molecule has 0 saturated carbocycles. The minimum atomic E-state index is -3.59. The Morgan fingerprint density at radius 1 is 0.800 bits per heavy atom. The van der Waals surface area contributed by atoms with Crippen molar-refractivity contribution >= 4 is 26.0 Å². The third-order valence-electron chi connectivity index (χ3n) is 6.77. The molecule has 2 fully saturated rings. The van der Waals surface area contributed by atoms with Crippen LogP contribution in [-0.2, 0) is 31.3 Å². The molecular formula is C25H33N3O5S2. The van der Waals surface area contributed by atoms with E-state index in [4.69, 9.17) is 0 Å². The molecule has 35 heavy (non-hydrogen) atoms. The second-order valence-corrected chi connectivity index (χ2v) is 13.2. The van der Waals surface area contributed by atoms with Crippen molar-refractivity contribution in [3.8, 4) is 0 Å². The topological polar surface area (TPSA) is 95.1 Å². The Kier molecular flexibility index (Phi) is 8.26. The number of amides is 1. The van der Waals surface area contributed by atoms with Crippen LogP contribution in [0, 0.1) is 5.92 Å². The van der Waals surface area contributed by atoms with Crippen molar-refractivity contribution in [1.82, 2.24) is 13.5 Å². The quantitative estimate of drug-likeness (QED) is 0.533. The molecule has 10 heteroatoms. The van der Waals surface area contributed by atoms with Crippen LogP contribution < -0.4 is 0 Å². The zero-order chi connectivity index (χ0) is 24.9. The Hall–Kier alpha value is -2.27. The van der Waals surface area contributed by atoms with Gasteiger partial charge < -0.3 is 4.90 Å². The summed E-state index contributed by atoms with van der Waals surface area (Å²) < 4.78 is 54.4. The maximum Gasteiger partial charge on any atom is 0.243 e. The molecule has 2 saturated heterocycles. The molecule has 4 rings (SSSR count). The van der Waals surface area contributed by atoms with E-state index in [1.807, 2.05) is 30.3 Å².